The summed E-state index contributed by atoms with van der Waals surface area (Å²) in [5.74, 6) is -5.33. The first-order chi connectivity index (χ1) is 28.9. The second-order valence-corrected chi connectivity index (χ2v) is 14.8. The number of anilines is 2. The highest BCUT2D eigenvalue weighted by atomic mass is 32.1. The minimum absolute atomic E-state index is 0.00635. The molecular weight excluding hydrogens is 825 g/mol. The summed E-state index contributed by atoms with van der Waals surface area (Å²) in [5.41, 5.74) is -2.98. The first-order valence-electron chi connectivity index (χ1n) is 18.5. The highest BCUT2D eigenvalue weighted by Gasteiger charge is 2.52. The van der Waals surface area contributed by atoms with E-state index >= 15 is 4.39 Å². The van der Waals surface area contributed by atoms with Gasteiger partial charge in [-0.3, -0.25) is 43.9 Å². The van der Waals surface area contributed by atoms with E-state index in [0.29, 0.717) is 16.3 Å². The summed E-state index contributed by atoms with van der Waals surface area (Å²) in [6.45, 7) is 2.69. The van der Waals surface area contributed by atoms with Crippen LogP contribution in [0.1, 0.15) is 58.5 Å². The predicted octanol–water partition coefficient (Wildman–Crippen LogP) is 5.28. The average Bonchev–Trinajstić information content (AvgIpc) is 3.57. The highest BCUT2D eigenvalue weighted by Crippen LogP contribution is 2.42. The summed E-state index contributed by atoms with van der Waals surface area (Å²) < 4.78 is 67.9. The van der Waals surface area contributed by atoms with Crippen LogP contribution in [0.15, 0.2) is 78.9 Å². The molecular formula is C42H32F4N6O8S. The summed E-state index contributed by atoms with van der Waals surface area (Å²) in [6.07, 6.45) is -5.23. The van der Waals surface area contributed by atoms with E-state index in [4.69, 9.17) is 27.0 Å². The number of fused-ring (bicyclic) bond motifs is 1. The van der Waals surface area contributed by atoms with Crippen LogP contribution in [0.3, 0.4) is 0 Å². The third kappa shape index (κ3) is 7.73. The maximum absolute atomic E-state index is 15.4. The Morgan fingerprint density at radius 2 is 1.62 bits per heavy atom. The third-order valence-corrected chi connectivity index (χ3v) is 10.6. The molecule has 4 aromatic carbocycles. The molecule has 2 fully saturated rings. The fourth-order valence-corrected chi connectivity index (χ4v) is 7.77. The van der Waals surface area contributed by atoms with Crippen LogP contribution < -0.4 is 29.9 Å². The molecule has 2 N–H and O–H groups in total. The van der Waals surface area contributed by atoms with Crippen molar-refractivity contribution in [2.45, 2.75) is 44.4 Å². The summed E-state index contributed by atoms with van der Waals surface area (Å²) in [5, 5.41) is 13.7. The molecule has 4 aromatic rings. The van der Waals surface area contributed by atoms with Gasteiger partial charge in [0, 0.05) is 12.1 Å². The van der Waals surface area contributed by atoms with Gasteiger partial charge in [0.25, 0.3) is 23.6 Å². The summed E-state index contributed by atoms with van der Waals surface area (Å²) >= 11 is 5.53. The molecule has 2 saturated heterocycles. The Labute approximate surface area is 349 Å². The number of hydrogen-bond acceptors (Lipinski definition) is 10. The molecule has 0 aromatic heterocycles. The molecule has 3 aliphatic rings. The summed E-state index contributed by atoms with van der Waals surface area (Å²) in [6, 6.07) is 20.0. The van der Waals surface area contributed by atoms with E-state index in [-0.39, 0.29) is 48.0 Å². The molecule has 312 valence electrons. The predicted molar refractivity (Wildman–Crippen MR) is 212 cm³/mol. The van der Waals surface area contributed by atoms with Crippen molar-refractivity contribution in [3.05, 3.63) is 107 Å². The number of halogens is 4. The lowest BCUT2D eigenvalue weighted by Crippen LogP contribution is -2.54. The van der Waals surface area contributed by atoms with Crippen LogP contribution in [-0.4, -0.2) is 76.8 Å². The molecule has 19 heteroatoms. The van der Waals surface area contributed by atoms with Gasteiger partial charge in [-0.1, -0.05) is 30.3 Å². The van der Waals surface area contributed by atoms with Gasteiger partial charge in [-0.15, -0.1) is 0 Å². The topological polar surface area (TPSA) is 178 Å². The van der Waals surface area contributed by atoms with Gasteiger partial charge in [-0.05, 0) is 92.1 Å². The van der Waals surface area contributed by atoms with Crippen LogP contribution in [0.4, 0.5) is 28.9 Å². The lowest BCUT2D eigenvalue weighted by Gasteiger charge is -2.29. The number of nitrogens with zero attached hydrogens (tertiary/aromatic N) is 4. The van der Waals surface area contributed by atoms with Crippen LogP contribution in [0, 0.1) is 17.1 Å². The van der Waals surface area contributed by atoms with E-state index < -0.39 is 82.4 Å². The Morgan fingerprint density at radius 3 is 2.26 bits per heavy atom. The molecule has 0 spiro atoms. The molecule has 61 heavy (non-hydrogen) atoms. The third-order valence-electron chi connectivity index (χ3n) is 10.2. The molecule has 3 heterocycles. The number of nitrogens with one attached hydrogen (secondary N) is 2. The number of hydrogen-bond donors (Lipinski definition) is 2. The number of amides is 6. The SMILES string of the molecule is CC1(C)C(=O)N(c2ccc(C#N)c(C(F)(F)F)c2F)C(=S)N1c1ccc(-c2ccc(OCCNC(=O)COc3cccc4c3C(=O)N(C3CCC(=O)NC3=O)C4=O)cc2)cc1. The Kier molecular flexibility index (Phi) is 11.1. The van der Waals surface area contributed by atoms with Crippen LogP contribution >= 0.6 is 12.2 Å². The van der Waals surface area contributed by atoms with E-state index in [1.54, 1.807) is 48.5 Å². The molecule has 0 radical (unpaired) electrons. The smallest absolute Gasteiger partial charge is 0.420 e. The lowest BCUT2D eigenvalue weighted by atomic mass is 10.0. The van der Waals surface area contributed by atoms with Gasteiger partial charge in [0.15, 0.2) is 17.5 Å². The molecule has 3 aliphatic heterocycles. The fourth-order valence-electron chi connectivity index (χ4n) is 7.25. The lowest BCUT2D eigenvalue weighted by molar-refractivity contribution is -0.140. The van der Waals surface area contributed by atoms with Crippen molar-refractivity contribution >= 4 is 64.1 Å². The number of rotatable bonds is 11. The van der Waals surface area contributed by atoms with Crippen LogP contribution in [-0.2, 0) is 25.4 Å². The van der Waals surface area contributed by atoms with Gasteiger partial charge >= 0.3 is 6.18 Å². The van der Waals surface area contributed by atoms with Crippen molar-refractivity contribution in [3.8, 4) is 28.7 Å². The second kappa shape index (κ2) is 16.1. The van der Waals surface area contributed by atoms with Crippen LogP contribution in [0.5, 0.6) is 11.5 Å². The van der Waals surface area contributed by atoms with Crippen molar-refractivity contribution < 1.29 is 55.8 Å². The Balaban J connectivity index is 0.922. The van der Waals surface area contributed by atoms with Crippen LogP contribution in [0.25, 0.3) is 11.1 Å². The average molecular weight is 857 g/mol. The monoisotopic (exact) mass is 856 g/mol. The Morgan fingerprint density at radius 1 is 0.951 bits per heavy atom. The number of piperidine rings is 1. The Bertz CT molecular complexity index is 2580. The zero-order valence-corrected chi connectivity index (χ0v) is 32.9. The van der Waals surface area contributed by atoms with Gasteiger partial charge in [0.1, 0.15) is 35.3 Å². The van der Waals surface area contributed by atoms with Gasteiger partial charge < -0.3 is 19.7 Å². The number of carbonyl (C=O) groups is 6. The molecule has 1 unspecified atom stereocenters. The highest BCUT2D eigenvalue weighted by molar-refractivity contribution is 7.81. The minimum atomic E-state index is -5.20. The zero-order valence-electron chi connectivity index (χ0n) is 32.1. The largest absolute Gasteiger partial charge is 0.492 e. The van der Waals surface area contributed by atoms with E-state index in [0.717, 1.165) is 28.2 Å². The summed E-state index contributed by atoms with van der Waals surface area (Å²) in [4.78, 5) is 79.2. The Hall–Kier alpha value is -7.20. The number of nitriles is 1. The molecule has 0 bridgehead atoms. The van der Waals surface area contributed by atoms with Crippen molar-refractivity contribution in [2.24, 2.45) is 0 Å². The number of alkyl halides is 3. The zero-order chi connectivity index (χ0) is 44.0. The van der Waals surface area contributed by atoms with Crippen molar-refractivity contribution in [2.75, 3.05) is 29.6 Å². The maximum atomic E-state index is 15.4. The molecule has 0 aliphatic carbocycles. The number of imide groups is 2. The minimum Gasteiger partial charge on any atom is -0.492 e. The van der Waals surface area contributed by atoms with Gasteiger partial charge in [-0.2, -0.15) is 18.4 Å². The van der Waals surface area contributed by atoms with Crippen molar-refractivity contribution in [1.29, 1.82) is 5.26 Å². The first kappa shape index (κ1) is 41.9. The van der Waals surface area contributed by atoms with E-state index in [9.17, 15) is 41.9 Å². The quantitative estimate of drug-likeness (QED) is 0.0869. The maximum Gasteiger partial charge on any atom is 0.420 e. The standard InChI is InChI=1S/C42H32F4N6O8S/c1-41(2)39(58)51(28-15-10-24(20-47)34(35(28)43)42(44,45)46)40(61)52(41)25-11-6-22(7-12-25)23-8-13-26(14-9-23)59-19-18-48-32(54)21-60-30-5-3-4-27-33(30)38(57)50(37(27)56)29-16-17-31(53)49-36(29)55/h3-15,29H,16-19,21H2,1-2H3,(H,48,54)(H,49,53,55). The number of benzene rings is 4. The first-order valence-corrected chi connectivity index (χ1v) is 18.9. The molecule has 7 rings (SSSR count). The van der Waals surface area contributed by atoms with Gasteiger partial charge in [0.05, 0.1) is 35.0 Å². The number of carbonyl (C=O) groups excluding carboxylic acids is 6. The molecule has 0 saturated carbocycles. The normalized spacial score (nSPS) is 17.3. The molecule has 6 amide bonds. The van der Waals surface area contributed by atoms with E-state index in [1.165, 1.54) is 43.0 Å². The fraction of sp³-hybridized carbons (Fsp3) is 0.238. The number of ether oxygens (including phenoxy) is 2. The van der Waals surface area contributed by atoms with Gasteiger partial charge in [0.2, 0.25) is 11.8 Å². The van der Waals surface area contributed by atoms with Crippen LogP contribution in [0.2, 0.25) is 0 Å². The van der Waals surface area contributed by atoms with E-state index in [1.807, 2.05) is 0 Å². The molecule has 1 atom stereocenters. The summed E-state index contributed by atoms with van der Waals surface area (Å²) in [7, 11) is 0. The van der Waals surface area contributed by atoms with Gasteiger partial charge in [-0.25, -0.2) is 4.39 Å². The van der Waals surface area contributed by atoms with E-state index in [2.05, 4.69) is 10.6 Å². The van der Waals surface area contributed by atoms with Crippen molar-refractivity contribution in [1.82, 2.24) is 15.5 Å². The molecule has 14 nitrogen and oxygen atoms in total. The second-order valence-electron chi connectivity index (χ2n) is 14.4. The number of thiocarbonyl (C=S) groups is 1. The van der Waals surface area contributed by atoms with Crippen molar-refractivity contribution in [3.63, 3.8) is 0 Å².